The summed E-state index contributed by atoms with van der Waals surface area (Å²) < 4.78 is 7.30. The molecule has 3 heterocycles. The third-order valence-electron chi connectivity index (χ3n) is 3.02. The maximum atomic E-state index is 5.31. The molecule has 5 heteroatoms. The second-order valence-electron chi connectivity index (χ2n) is 4.15. The average Bonchev–Trinajstić information content (AvgIpc) is 2.96. The van der Waals surface area contributed by atoms with Gasteiger partial charge < -0.3 is 14.4 Å². The zero-order chi connectivity index (χ0) is 11.0. The van der Waals surface area contributed by atoms with Crippen molar-refractivity contribution >= 4 is 0 Å². The first-order valence-electron chi connectivity index (χ1n) is 5.50. The summed E-state index contributed by atoms with van der Waals surface area (Å²) in [6, 6.07) is 3.96. The van der Waals surface area contributed by atoms with Gasteiger partial charge >= 0.3 is 0 Å². The minimum Gasteiger partial charge on any atom is -0.348 e. The molecule has 1 N–H and O–H groups in total. The Labute approximate surface area is 93.5 Å². The fourth-order valence-electron chi connectivity index (χ4n) is 2.06. The fourth-order valence-corrected chi connectivity index (χ4v) is 2.06. The Kier molecular flexibility index (Phi) is 2.25. The normalized spacial score (nSPS) is 20.4. The van der Waals surface area contributed by atoms with Gasteiger partial charge in [-0.25, -0.2) is 0 Å². The van der Waals surface area contributed by atoms with Crippen LogP contribution in [0.4, 0.5) is 0 Å². The first-order chi connectivity index (χ1) is 7.84. The van der Waals surface area contributed by atoms with Crippen LogP contribution in [-0.4, -0.2) is 27.8 Å². The minimum absolute atomic E-state index is 0.376. The van der Waals surface area contributed by atoms with E-state index in [1.807, 2.05) is 29.9 Å². The second kappa shape index (κ2) is 3.75. The summed E-state index contributed by atoms with van der Waals surface area (Å²) in [7, 11) is 1.97. The Morgan fingerprint density at radius 3 is 3.19 bits per heavy atom. The van der Waals surface area contributed by atoms with Gasteiger partial charge in [-0.15, -0.1) is 0 Å². The largest absolute Gasteiger partial charge is 0.348 e. The Hall–Kier alpha value is -1.62. The van der Waals surface area contributed by atoms with Crippen LogP contribution in [0, 0.1) is 0 Å². The number of hydrogen-bond donors (Lipinski definition) is 1. The van der Waals surface area contributed by atoms with Crippen LogP contribution >= 0.6 is 0 Å². The van der Waals surface area contributed by atoms with Crippen LogP contribution in [0.1, 0.15) is 18.2 Å². The summed E-state index contributed by atoms with van der Waals surface area (Å²) in [5.74, 6) is 1.80. The molecule has 1 aliphatic rings. The highest BCUT2D eigenvalue weighted by molar-refractivity contribution is 5.49. The molecule has 0 aliphatic carbocycles. The van der Waals surface area contributed by atoms with Crippen LogP contribution in [0.15, 0.2) is 22.9 Å². The lowest BCUT2D eigenvalue weighted by Crippen LogP contribution is -2.08. The van der Waals surface area contributed by atoms with Crippen LogP contribution in [-0.2, 0) is 7.05 Å². The lowest BCUT2D eigenvalue weighted by molar-refractivity contribution is 0.359. The monoisotopic (exact) mass is 218 g/mol. The molecule has 1 unspecified atom stereocenters. The van der Waals surface area contributed by atoms with E-state index >= 15 is 0 Å². The van der Waals surface area contributed by atoms with Gasteiger partial charge in [-0.2, -0.15) is 4.98 Å². The zero-order valence-corrected chi connectivity index (χ0v) is 9.18. The molecule has 1 atom stereocenters. The van der Waals surface area contributed by atoms with Gasteiger partial charge in [-0.3, -0.25) is 0 Å². The van der Waals surface area contributed by atoms with E-state index in [2.05, 4.69) is 15.5 Å². The SMILES string of the molecule is Cn1cccc1-c1noc(C2CCNC2)n1. The molecule has 2 aromatic heterocycles. The average molecular weight is 218 g/mol. The van der Waals surface area contributed by atoms with Crippen LogP contribution < -0.4 is 5.32 Å². The lowest BCUT2D eigenvalue weighted by atomic mass is 10.1. The fraction of sp³-hybridized carbons (Fsp3) is 0.455. The Morgan fingerprint density at radius 2 is 2.50 bits per heavy atom. The van der Waals surface area contributed by atoms with Gasteiger partial charge in [0.25, 0.3) is 0 Å². The molecular weight excluding hydrogens is 204 g/mol. The number of rotatable bonds is 2. The molecule has 1 aliphatic heterocycles. The Balaban J connectivity index is 1.90. The van der Waals surface area contributed by atoms with Gasteiger partial charge in [-0.1, -0.05) is 5.16 Å². The van der Waals surface area contributed by atoms with Gasteiger partial charge in [0.1, 0.15) is 0 Å². The number of nitrogens with one attached hydrogen (secondary N) is 1. The van der Waals surface area contributed by atoms with Crippen LogP contribution in [0.25, 0.3) is 11.5 Å². The number of nitrogens with zero attached hydrogens (tertiary/aromatic N) is 3. The molecule has 16 heavy (non-hydrogen) atoms. The first kappa shape index (κ1) is 9.59. The van der Waals surface area contributed by atoms with Crippen molar-refractivity contribution in [1.82, 2.24) is 20.0 Å². The summed E-state index contributed by atoms with van der Waals surface area (Å²) in [6.07, 6.45) is 3.05. The van der Waals surface area contributed by atoms with Crippen LogP contribution in [0.3, 0.4) is 0 Å². The van der Waals surface area contributed by atoms with E-state index < -0.39 is 0 Å². The molecular formula is C11H14N4O. The van der Waals surface area contributed by atoms with E-state index in [0.29, 0.717) is 11.7 Å². The van der Waals surface area contributed by atoms with Crippen molar-refractivity contribution in [2.45, 2.75) is 12.3 Å². The summed E-state index contributed by atoms with van der Waals surface area (Å²) in [5, 5.41) is 7.32. The van der Waals surface area contributed by atoms with Crippen molar-refractivity contribution in [2.75, 3.05) is 13.1 Å². The molecule has 1 fully saturated rings. The summed E-state index contributed by atoms with van der Waals surface area (Å²) in [5.41, 5.74) is 0.987. The van der Waals surface area contributed by atoms with Crippen molar-refractivity contribution < 1.29 is 4.52 Å². The van der Waals surface area contributed by atoms with E-state index in [4.69, 9.17) is 4.52 Å². The van der Waals surface area contributed by atoms with Gasteiger partial charge in [0, 0.05) is 19.8 Å². The van der Waals surface area contributed by atoms with E-state index in [0.717, 1.165) is 31.1 Å². The Morgan fingerprint density at radius 1 is 1.56 bits per heavy atom. The molecule has 5 nitrogen and oxygen atoms in total. The number of aromatic nitrogens is 3. The standard InChI is InChI=1S/C11H14N4O/c1-15-6-2-3-9(15)10-13-11(16-14-10)8-4-5-12-7-8/h2-3,6,8,12H,4-5,7H2,1H3. The first-order valence-corrected chi connectivity index (χ1v) is 5.50. The van der Waals surface area contributed by atoms with Gasteiger partial charge in [0.05, 0.1) is 11.6 Å². The molecule has 3 rings (SSSR count). The maximum absolute atomic E-state index is 5.31. The van der Waals surface area contributed by atoms with E-state index in [1.165, 1.54) is 0 Å². The van der Waals surface area contributed by atoms with Crippen molar-refractivity contribution in [2.24, 2.45) is 7.05 Å². The highest BCUT2D eigenvalue weighted by Crippen LogP contribution is 2.23. The Bertz CT molecular complexity index is 482. The highest BCUT2D eigenvalue weighted by atomic mass is 16.5. The van der Waals surface area contributed by atoms with E-state index in [1.54, 1.807) is 0 Å². The number of aryl methyl sites for hydroxylation is 1. The van der Waals surface area contributed by atoms with Crippen molar-refractivity contribution in [3.63, 3.8) is 0 Å². The predicted octanol–water partition coefficient (Wildman–Crippen LogP) is 1.15. The summed E-state index contributed by atoms with van der Waals surface area (Å²) in [4.78, 5) is 4.46. The van der Waals surface area contributed by atoms with Crippen molar-refractivity contribution in [1.29, 1.82) is 0 Å². The molecule has 0 saturated carbocycles. The van der Waals surface area contributed by atoms with Crippen molar-refractivity contribution in [3.8, 4) is 11.5 Å². The molecule has 0 bridgehead atoms. The predicted molar refractivity (Wildman–Crippen MR) is 58.9 cm³/mol. The molecule has 0 spiro atoms. The van der Waals surface area contributed by atoms with Gasteiger partial charge in [0.2, 0.25) is 11.7 Å². The molecule has 0 radical (unpaired) electrons. The molecule has 2 aromatic rings. The lowest BCUT2D eigenvalue weighted by Gasteiger charge is -1.98. The maximum Gasteiger partial charge on any atom is 0.231 e. The second-order valence-corrected chi connectivity index (χ2v) is 4.15. The summed E-state index contributed by atoms with van der Waals surface area (Å²) >= 11 is 0. The van der Waals surface area contributed by atoms with E-state index in [-0.39, 0.29) is 0 Å². The number of hydrogen-bond acceptors (Lipinski definition) is 4. The van der Waals surface area contributed by atoms with E-state index in [9.17, 15) is 0 Å². The minimum atomic E-state index is 0.376. The molecule has 1 saturated heterocycles. The molecule has 0 amide bonds. The third kappa shape index (κ3) is 1.53. The van der Waals surface area contributed by atoms with Crippen molar-refractivity contribution in [3.05, 3.63) is 24.2 Å². The molecule has 0 aromatic carbocycles. The topological polar surface area (TPSA) is 55.9 Å². The smallest absolute Gasteiger partial charge is 0.231 e. The quantitative estimate of drug-likeness (QED) is 0.821. The zero-order valence-electron chi connectivity index (χ0n) is 9.18. The van der Waals surface area contributed by atoms with Gasteiger partial charge in [0.15, 0.2) is 0 Å². The van der Waals surface area contributed by atoms with Crippen LogP contribution in [0.2, 0.25) is 0 Å². The molecule has 84 valence electrons. The van der Waals surface area contributed by atoms with Gasteiger partial charge in [-0.05, 0) is 25.1 Å². The highest BCUT2D eigenvalue weighted by Gasteiger charge is 2.23. The summed E-state index contributed by atoms with van der Waals surface area (Å²) in [6.45, 7) is 1.97. The van der Waals surface area contributed by atoms with Crippen LogP contribution in [0.5, 0.6) is 0 Å². The third-order valence-corrected chi connectivity index (χ3v) is 3.02.